The molecular formula is C43H54N4O2Si2. The number of pyridine rings is 3. The second-order valence-electron chi connectivity index (χ2n) is 16.8. The molecule has 0 aliphatic heterocycles. The van der Waals surface area contributed by atoms with Crippen molar-refractivity contribution in [2.24, 2.45) is 0 Å². The fourth-order valence-electron chi connectivity index (χ4n) is 5.63. The Balaban J connectivity index is 1.36. The summed E-state index contributed by atoms with van der Waals surface area (Å²) in [6, 6.07) is 32.4. The lowest BCUT2D eigenvalue weighted by Gasteiger charge is -2.36. The van der Waals surface area contributed by atoms with E-state index in [0.29, 0.717) is 13.2 Å². The number of aryl methyl sites for hydroxylation is 1. The largest absolute Gasteiger partial charge is 0.411 e. The van der Waals surface area contributed by atoms with Crippen molar-refractivity contribution in [1.29, 1.82) is 0 Å². The first-order valence-corrected chi connectivity index (χ1v) is 24.0. The summed E-state index contributed by atoms with van der Waals surface area (Å²) in [4.78, 5) is 17.2. The summed E-state index contributed by atoms with van der Waals surface area (Å²) in [6.07, 6.45) is 0.911. The average Bonchev–Trinajstić information content (AvgIpc) is 3.08. The fraction of sp³-hybridized carbons (Fsp3) is 0.372. The Kier molecular flexibility index (Phi) is 10.0. The number of aromatic nitrogens is 3. The Morgan fingerprint density at radius 1 is 0.490 bits per heavy atom. The van der Waals surface area contributed by atoms with Gasteiger partial charge in [-0.3, -0.25) is 15.0 Å². The zero-order valence-electron chi connectivity index (χ0n) is 32.4. The monoisotopic (exact) mass is 714 g/mol. The summed E-state index contributed by atoms with van der Waals surface area (Å²) in [5.41, 5.74) is 9.11. The van der Waals surface area contributed by atoms with Gasteiger partial charge in [-0.25, -0.2) is 0 Å². The first-order valence-electron chi connectivity index (χ1n) is 18.2. The van der Waals surface area contributed by atoms with Gasteiger partial charge in [-0.2, -0.15) is 0 Å². The molecule has 6 nitrogen and oxygen atoms in total. The first kappa shape index (κ1) is 36.8. The van der Waals surface area contributed by atoms with E-state index >= 15 is 0 Å². The van der Waals surface area contributed by atoms with Crippen LogP contribution in [0, 0.1) is 0 Å². The zero-order valence-corrected chi connectivity index (χ0v) is 34.4. The molecule has 0 saturated heterocycles. The predicted molar refractivity (Wildman–Crippen MR) is 220 cm³/mol. The van der Waals surface area contributed by atoms with Crippen molar-refractivity contribution in [2.45, 2.75) is 104 Å². The molecule has 0 radical (unpaired) electrons. The molecule has 0 fully saturated rings. The van der Waals surface area contributed by atoms with Crippen LogP contribution in [0.15, 0.2) is 91.0 Å². The van der Waals surface area contributed by atoms with Gasteiger partial charge in [0.15, 0.2) is 16.6 Å². The molecule has 0 spiro atoms. The van der Waals surface area contributed by atoms with Crippen LogP contribution in [0.5, 0.6) is 0 Å². The molecule has 6 rings (SSSR count). The number of hydrogen-bond acceptors (Lipinski definition) is 6. The Morgan fingerprint density at radius 2 is 0.824 bits per heavy atom. The van der Waals surface area contributed by atoms with Crippen molar-refractivity contribution in [2.75, 3.05) is 4.90 Å². The van der Waals surface area contributed by atoms with Crippen molar-refractivity contribution >= 4 is 66.4 Å². The van der Waals surface area contributed by atoms with E-state index in [1.54, 1.807) is 0 Å². The zero-order chi connectivity index (χ0) is 36.8. The van der Waals surface area contributed by atoms with Crippen LogP contribution in [0.2, 0.25) is 36.3 Å². The second-order valence-corrected chi connectivity index (χ2v) is 26.4. The Labute approximate surface area is 306 Å². The van der Waals surface area contributed by atoms with Crippen molar-refractivity contribution in [3.63, 3.8) is 0 Å². The number of hydrogen-bond donors (Lipinski definition) is 0. The third kappa shape index (κ3) is 7.94. The van der Waals surface area contributed by atoms with Gasteiger partial charge in [0.25, 0.3) is 0 Å². The van der Waals surface area contributed by atoms with Crippen LogP contribution in [0.3, 0.4) is 0 Å². The summed E-state index contributed by atoms with van der Waals surface area (Å²) in [7, 11) is -3.76. The maximum atomic E-state index is 6.49. The van der Waals surface area contributed by atoms with Gasteiger partial charge in [0.2, 0.25) is 0 Å². The Bertz CT molecular complexity index is 2090. The molecule has 0 N–H and O–H groups in total. The van der Waals surface area contributed by atoms with Crippen molar-refractivity contribution in [1.82, 2.24) is 15.0 Å². The van der Waals surface area contributed by atoms with E-state index < -0.39 is 16.6 Å². The molecule has 6 aromatic rings. The van der Waals surface area contributed by atoms with E-state index in [2.05, 4.69) is 171 Å². The molecule has 8 heteroatoms. The molecule has 0 bridgehead atoms. The molecule has 0 saturated carbocycles. The van der Waals surface area contributed by atoms with Crippen molar-refractivity contribution < 1.29 is 8.85 Å². The lowest BCUT2D eigenvalue weighted by Crippen LogP contribution is -2.40. The van der Waals surface area contributed by atoms with Crippen LogP contribution in [0.1, 0.15) is 65.5 Å². The van der Waals surface area contributed by atoms with Crippen LogP contribution in [-0.2, 0) is 28.5 Å². The van der Waals surface area contributed by atoms with Crippen molar-refractivity contribution in [3.05, 3.63) is 108 Å². The normalized spacial score (nSPS) is 13.0. The molecule has 3 aromatic carbocycles. The van der Waals surface area contributed by atoms with E-state index in [-0.39, 0.29) is 10.1 Å². The highest BCUT2D eigenvalue weighted by molar-refractivity contribution is 6.74. The Hall–Kier alpha value is -3.96. The van der Waals surface area contributed by atoms with E-state index in [9.17, 15) is 0 Å². The highest BCUT2D eigenvalue weighted by Gasteiger charge is 2.38. The Morgan fingerprint density at radius 3 is 1.16 bits per heavy atom. The first-order chi connectivity index (χ1) is 23.9. The highest BCUT2D eigenvalue weighted by Crippen LogP contribution is 2.40. The van der Waals surface area contributed by atoms with E-state index in [4.69, 9.17) is 23.8 Å². The molecule has 0 unspecified atom stereocenters. The summed E-state index contributed by atoms with van der Waals surface area (Å²) in [6.45, 7) is 25.9. The van der Waals surface area contributed by atoms with Gasteiger partial charge in [0.05, 0.1) is 41.2 Å². The molecule has 266 valence electrons. The number of fused-ring (bicyclic) bond motifs is 3. The minimum atomic E-state index is -1.88. The van der Waals surface area contributed by atoms with Crippen LogP contribution >= 0.6 is 0 Å². The van der Waals surface area contributed by atoms with E-state index in [1.807, 2.05) is 0 Å². The molecule has 3 aromatic heterocycles. The smallest absolute Gasteiger partial charge is 0.192 e. The molecule has 0 atom stereocenters. The molecule has 3 heterocycles. The topological polar surface area (TPSA) is 60.4 Å². The molecule has 0 aliphatic rings. The van der Waals surface area contributed by atoms with Gasteiger partial charge in [-0.05, 0) is 115 Å². The highest BCUT2D eigenvalue weighted by atomic mass is 28.4. The number of benzene rings is 3. The van der Waals surface area contributed by atoms with Gasteiger partial charge in [-0.1, -0.05) is 66.7 Å². The minimum Gasteiger partial charge on any atom is -0.411 e. The van der Waals surface area contributed by atoms with Crippen LogP contribution in [0.4, 0.5) is 17.1 Å². The number of rotatable bonds is 10. The van der Waals surface area contributed by atoms with Gasteiger partial charge in [0, 0.05) is 38.9 Å². The van der Waals surface area contributed by atoms with Crippen LogP contribution in [-0.4, -0.2) is 31.6 Å². The van der Waals surface area contributed by atoms with E-state index in [0.717, 1.165) is 73.3 Å². The summed E-state index contributed by atoms with van der Waals surface area (Å²) >= 11 is 0. The molecule has 51 heavy (non-hydrogen) atoms. The van der Waals surface area contributed by atoms with Gasteiger partial charge in [-0.15, -0.1) is 0 Å². The maximum absolute atomic E-state index is 6.49. The summed E-state index contributed by atoms with van der Waals surface area (Å²) in [5, 5.41) is 3.58. The van der Waals surface area contributed by atoms with E-state index in [1.165, 1.54) is 0 Å². The molecule has 0 aliphatic carbocycles. The molecular weight excluding hydrogens is 661 g/mol. The van der Waals surface area contributed by atoms with Gasteiger partial charge < -0.3 is 13.8 Å². The van der Waals surface area contributed by atoms with Crippen LogP contribution in [0.25, 0.3) is 32.7 Å². The lowest BCUT2D eigenvalue weighted by atomic mass is 10.1. The second kappa shape index (κ2) is 13.9. The average molecular weight is 715 g/mol. The minimum absolute atomic E-state index is 0.152. The van der Waals surface area contributed by atoms with Crippen molar-refractivity contribution in [3.8, 4) is 0 Å². The maximum Gasteiger partial charge on any atom is 0.192 e. The summed E-state index contributed by atoms with van der Waals surface area (Å²) < 4.78 is 13.0. The van der Waals surface area contributed by atoms with Gasteiger partial charge >= 0.3 is 0 Å². The summed E-state index contributed by atoms with van der Waals surface area (Å²) in [5.74, 6) is 0. The predicted octanol–water partition coefficient (Wildman–Crippen LogP) is 12.4. The van der Waals surface area contributed by atoms with Gasteiger partial charge in [0.1, 0.15) is 0 Å². The van der Waals surface area contributed by atoms with Crippen LogP contribution < -0.4 is 4.90 Å². The quantitative estimate of drug-likeness (QED) is 0.132. The third-order valence-electron chi connectivity index (χ3n) is 11.1. The number of nitrogens with zero attached hydrogens (tertiary/aromatic N) is 4. The fourth-order valence-corrected chi connectivity index (χ4v) is 7.51. The lowest BCUT2D eigenvalue weighted by molar-refractivity contribution is 0.272. The standard InChI is InChI=1S/C43H54N4O2Si2/c1-12-33-16-13-30-25-36(19-22-39(30)44-33)47(37-20-23-40-31(26-37)14-17-34(45-40)28-48-50(8,9)42(2,3)4)38-21-24-41-32(27-38)15-18-35(46-41)29-49-51(10,11)43(5,6)7/h13-27H,12,28-29H2,1-11H3. The SMILES string of the molecule is CCc1ccc2cc(N(c3ccc4nc(CO[Si](C)(C)C(C)(C)C)ccc4c3)c3ccc4nc(CO[Si](C)(C)C(C)(C)C)ccc4c3)ccc2n1. The number of anilines is 3. The third-order valence-corrected chi connectivity index (χ3v) is 20.1. The molecule has 0 amide bonds.